The van der Waals surface area contributed by atoms with Gasteiger partial charge in [0.2, 0.25) is 0 Å². The maximum Gasteiger partial charge on any atom is 0.0288 e. The molecule has 0 heteroatoms. The van der Waals surface area contributed by atoms with Gasteiger partial charge in [-0.3, -0.25) is 0 Å². The molecule has 12 rings (SSSR count). The van der Waals surface area contributed by atoms with E-state index >= 15 is 0 Å². The van der Waals surface area contributed by atoms with Gasteiger partial charge < -0.3 is 0 Å². The SMILES string of the molecule is C1=CC(c2c(-c3cccc4ccccc34)c3c(c(-c4ccc5cccccc4-5)c2C2CCc4ccccc42)Cc2cccc(-c4ccccc4)c2-3)c2ccccc21. The molecule has 0 aromatic heterocycles. The van der Waals surface area contributed by atoms with E-state index in [9.17, 15) is 0 Å². The first-order chi connectivity index (χ1) is 28.3. The fourth-order valence-corrected chi connectivity index (χ4v) is 10.9. The molecule has 0 fully saturated rings. The summed E-state index contributed by atoms with van der Waals surface area (Å²) in [5.74, 6) is 0.346. The molecule has 2 unspecified atom stereocenters. The zero-order valence-corrected chi connectivity index (χ0v) is 31.8. The van der Waals surface area contributed by atoms with Crippen LogP contribution in [0.5, 0.6) is 0 Å². The highest BCUT2D eigenvalue weighted by molar-refractivity contribution is 6.09. The number of benzene rings is 7. The number of fused-ring (bicyclic) bond motifs is 7. The fourth-order valence-electron chi connectivity index (χ4n) is 10.9. The lowest BCUT2D eigenvalue weighted by Gasteiger charge is -2.32. The third kappa shape index (κ3) is 4.93. The standard InChI is InChI=1S/C57H40/c1-3-15-37(16-4-1)46-27-14-22-41-35-51-53(48-32-29-38-17-5-2-6-23-43(38)48)54(49-33-30-39-19-8-11-25-44(39)49)56(50-34-31-40-20-9-12-26-45(40)50)55(57(51)52(41)46)47-28-13-21-36-18-7-10-24-42(36)47/h1-29,31-32,34,49-50H,30,33,35H2. The van der Waals surface area contributed by atoms with E-state index in [1.807, 2.05) is 0 Å². The van der Waals surface area contributed by atoms with E-state index in [1.54, 1.807) is 0 Å². The van der Waals surface area contributed by atoms with Crippen molar-refractivity contribution in [2.75, 3.05) is 0 Å². The molecule has 0 saturated heterocycles. The quantitative estimate of drug-likeness (QED) is 0.166. The summed E-state index contributed by atoms with van der Waals surface area (Å²) in [6.45, 7) is 0. The molecule has 5 aliphatic carbocycles. The molecule has 0 aliphatic heterocycles. The number of hydrogen-bond donors (Lipinski definition) is 0. The van der Waals surface area contributed by atoms with Gasteiger partial charge in [-0.15, -0.1) is 0 Å². The van der Waals surface area contributed by atoms with Crippen LogP contribution < -0.4 is 0 Å². The van der Waals surface area contributed by atoms with E-state index in [4.69, 9.17) is 0 Å². The lowest BCUT2D eigenvalue weighted by molar-refractivity contribution is 0.774. The predicted molar refractivity (Wildman–Crippen MR) is 239 cm³/mol. The molecule has 0 nitrogen and oxygen atoms in total. The summed E-state index contributed by atoms with van der Waals surface area (Å²) >= 11 is 0. The Bertz CT molecular complexity index is 3040. The van der Waals surface area contributed by atoms with Crippen molar-refractivity contribution in [3.63, 3.8) is 0 Å². The topological polar surface area (TPSA) is 0 Å². The molecule has 0 saturated carbocycles. The van der Waals surface area contributed by atoms with Gasteiger partial charge in [0, 0.05) is 11.8 Å². The van der Waals surface area contributed by atoms with Gasteiger partial charge in [-0.05, 0) is 130 Å². The number of allylic oxidation sites excluding steroid dienone is 1. The van der Waals surface area contributed by atoms with Gasteiger partial charge in [-0.2, -0.15) is 0 Å². The second kappa shape index (κ2) is 12.9. The van der Waals surface area contributed by atoms with Crippen LogP contribution in [0.1, 0.15) is 62.8 Å². The smallest absolute Gasteiger partial charge is 0.0288 e. The average Bonchev–Trinajstić information content (AvgIpc) is 4.04. The minimum absolute atomic E-state index is 0.0901. The summed E-state index contributed by atoms with van der Waals surface area (Å²) < 4.78 is 0. The molecule has 0 amide bonds. The first kappa shape index (κ1) is 32.5. The van der Waals surface area contributed by atoms with Gasteiger partial charge in [0.25, 0.3) is 0 Å². The molecule has 0 spiro atoms. The summed E-state index contributed by atoms with van der Waals surface area (Å²) in [7, 11) is 0. The van der Waals surface area contributed by atoms with Gasteiger partial charge in [0.05, 0.1) is 0 Å². The highest BCUT2D eigenvalue weighted by atomic mass is 14.4. The monoisotopic (exact) mass is 724 g/mol. The van der Waals surface area contributed by atoms with E-state index in [1.165, 1.54) is 111 Å². The fraction of sp³-hybridized carbons (Fsp3) is 0.0877. The zero-order valence-electron chi connectivity index (χ0n) is 31.8. The summed E-state index contributed by atoms with van der Waals surface area (Å²) in [5.41, 5.74) is 25.1. The Labute approximate surface area is 334 Å². The van der Waals surface area contributed by atoms with Crippen LogP contribution in [0.15, 0.2) is 188 Å². The van der Waals surface area contributed by atoms with Gasteiger partial charge >= 0.3 is 0 Å². The number of aryl methyl sites for hydroxylation is 1. The normalized spacial score (nSPS) is 16.1. The lowest BCUT2D eigenvalue weighted by Crippen LogP contribution is -2.13. The van der Waals surface area contributed by atoms with Crippen LogP contribution in [0, 0.1) is 0 Å². The second-order valence-corrected chi connectivity index (χ2v) is 16.1. The largest absolute Gasteiger partial charge is 0.0720 e. The Hall–Kier alpha value is -6.76. The highest BCUT2D eigenvalue weighted by Crippen LogP contribution is 2.60. The maximum atomic E-state index is 2.51. The third-order valence-corrected chi connectivity index (χ3v) is 13.2. The van der Waals surface area contributed by atoms with Gasteiger partial charge in [0.1, 0.15) is 0 Å². The van der Waals surface area contributed by atoms with Gasteiger partial charge in [-0.25, -0.2) is 0 Å². The minimum Gasteiger partial charge on any atom is -0.0720 e. The number of rotatable bonds is 5. The molecule has 7 aromatic carbocycles. The van der Waals surface area contributed by atoms with Crippen molar-refractivity contribution in [3.05, 3.63) is 233 Å². The molecule has 2 atom stereocenters. The van der Waals surface area contributed by atoms with E-state index in [2.05, 4.69) is 194 Å². The zero-order chi connectivity index (χ0) is 37.5. The van der Waals surface area contributed by atoms with Crippen LogP contribution in [0.2, 0.25) is 0 Å². The summed E-state index contributed by atoms with van der Waals surface area (Å²) in [6, 6.07) is 68.5. The predicted octanol–water partition coefficient (Wildman–Crippen LogP) is 14.8. The molecular weight excluding hydrogens is 685 g/mol. The molecule has 5 aliphatic rings. The van der Waals surface area contributed by atoms with Crippen molar-refractivity contribution in [2.45, 2.75) is 31.1 Å². The van der Waals surface area contributed by atoms with Crippen molar-refractivity contribution in [1.29, 1.82) is 0 Å². The second-order valence-electron chi connectivity index (χ2n) is 16.1. The Morgan fingerprint density at radius 1 is 0.404 bits per heavy atom. The molecule has 0 radical (unpaired) electrons. The molecular formula is C57H40. The van der Waals surface area contributed by atoms with Gasteiger partial charge in [-0.1, -0.05) is 194 Å². The summed E-state index contributed by atoms with van der Waals surface area (Å²) in [4.78, 5) is 0. The van der Waals surface area contributed by atoms with E-state index in [-0.39, 0.29) is 11.8 Å². The molecule has 7 aromatic rings. The maximum absolute atomic E-state index is 2.51. The third-order valence-electron chi connectivity index (χ3n) is 13.2. The van der Waals surface area contributed by atoms with Crippen molar-refractivity contribution >= 4 is 16.8 Å². The van der Waals surface area contributed by atoms with Crippen LogP contribution in [0.4, 0.5) is 0 Å². The Morgan fingerprint density at radius 2 is 1.07 bits per heavy atom. The Balaban J connectivity index is 1.33. The summed E-state index contributed by atoms with van der Waals surface area (Å²) in [5, 5.41) is 2.58. The first-order valence-electron chi connectivity index (χ1n) is 20.5. The average molecular weight is 725 g/mol. The van der Waals surface area contributed by atoms with Crippen molar-refractivity contribution in [2.24, 2.45) is 0 Å². The highest BCUT2D eigenvalue weighted by Gasteiger charge is 2.40. The molecule has 268 valence electrons. The van der Waals surface area contributed by atoms with Crippen molar-refractivity contribution in [1.82, 2.24) is 0 Å². The minimum atomic E-state index is 0.0901. The van der Waals surface area contributed by atoms with E-state index in [0.717, 1.165) is 19.3 Å². The van der Waals surface area contributed by atoms with Gasteiger partial charge in [0.15, 0.2) is 0 Å². The molecule has 0 N–H and O–H groups in total. The van der Waals surface area contributed by atoms with Crippen LogP contribution in [-0.2, 0) is 12.8 Å². The van der Waals surface area contributed by atoms with Crippen molar-refractivity contribution < 1.29 is 0 Å². The molecule has 0 bridgehead atoms. The lowest BCUT2D eigenvalue weighted by atomic mass is 9.71. The molecule has 57 heavy (non-hydrogen) atoms. The number of hydrogen-bond acceptors (Lipinski definition) is 0. The molecule has 0 heterocycles. The van der Waals surface area contributed by atoms with E-state index < -0.39 is 0 Å². The van der Waals surface area contributed by atoms with Crippen LogP contribution in [-0.4, -0.2) is 0 Å². The van der Waals surface area contributed by atoms with Crippen LogP contribution in [0.3, 0.4) is 0 Å². The Morgan fingerprint density at radius 3 is 1.96 bits per heavy atom. The van der Waals surface area contributed by atoms with Crippen molar-refractivity contribution in [3.8, 4) is 55.6 Å². The van der Waals surface area contributed by atoms with E-state index in [0.29, 0.717) is 0 Å². The summed E-state index contributed by atoms with van der Waals surface area (Å²) in [6.07, 6.45) is 7.97. The Kier molecular flexibility index (Phi) is 7.35. The van der Waals surface area contributed by atoms with Crippen LogP contribution >= 0.6 is 0 Å². The first-order valence-corrected chi connectivity index (χ1v) is 20.5. The van der Waals surface area contributed by atoms with Crippen LogP contribution in [0.25, 0.3) is 72.5 Å².